The lowest BCUT2D eigenvalue weighted by molar-refractivity contribution is -0.130. The van der Waals surface area contributed by atoms with Gasteiger partial charge in [0.25, 0.3) is 11.8 Å². The van der Waals surface area contributed by atoms with E-state index in [0.29, 0.717) is 17.3 Å². The highest BCUT2D eigenvalue weighted by Gasteiger charge is 2.09. The van der Waals surface area contributed by atoms with Gasteiger partial charge in [-0.3, -0.25) is 25.3 Å². The summed E-state index contributed by atoms with van der Waals surface area (Å²) in [5.74, 6) is -0.218. The smallest absolute Gasteiger partial charge is 0.276 e. The molecule has 0 aliphatic rings. The van der Waals surface area contributed by atoms with Crippen LogP contribution in [-0.4, -0.2) is 36.9 Å². The zero-order valence-corrected chi connectivity index (χ0v) is 14.7. The highest BCUT2D eigenvalue weighted by Crippen LogP contribution is 2.15. The Kier molecular flexibility index (Phi) is 7.05. The molecule has 1 aromatic carbocycles. The topological polar surface area (TPSA) is 70.7 Å². The minimum Gasteiger partial charge on any atom is -0.484 e. The molecule has 2 N–H and O–H groups in total. The van der Waals surface area contributed by atoms with Crippen LogP contribution in [0.4, 0.5) is 0 Å². The molecule has 1 heterocycles. The normalized spacial score (nSPS) is 10.5. The average molecular weight is 368 g/mol. The lowest BCUT2D eigenvalue weighted by Crippen LogP contribution is -2.47. The van der Waals surface area contributed by atoms with E-state index in [2.05, 4.69) is 10.9 Å². The molecule has 0 atom stereocenters. The van der Waals surface area contributed by atoms with E-state index in [-0.39, 0.29) is 19.1 Å². The van der Waals surface area contributed by atoms with Crippen molar-refractivity contribution in [1.82, 2.24) is 15.8 Å². The molecule has 0 saturated carbocycles. The van der Waals surface area contributed by atoms with Gasteiger partial charge in [-0.25, -0.2) is 0 Å². The van der Waals surface area contributed by atoms with Gasteiger partial charge in [0, 0.05) is 16.4 Å². The first-order chi connectivity index (χ1) is 11.5. The number of amides is 2. The molecule has 1 aromatic heterocycles. The van der Waals surface area contributed by atoms with E-state index < -0.39 is 5.91 Å². The number of hydrazine groups is 1. The maximum absolute atomic E-state index is 11.8. The maximum Gasteiger partial charge on any atom is 0.276 e. The largest absolute Gasteiger partial charge is 0.484 e. The third-order valence-corrected chi connectivity index (χ3v) is 4.06. The Balaban J connectivity index is 1.63. The Morgan fingerprint density at radius 1 is 1.17 bits per heavy atom. The zero-order chi connectivity index (χ0) is 17.4. The molecule has 128 valence electrons. The zero-order valence-electron chi connectivity index (χ0n) is 13.1. The van der Waals surface area contributed by atoms with Crippen LogP contribution in [0.5, 0.6) is 5.75 Å². The molecule has 0 saturated heterocycles. The van der Waals surface area contributed by atoms with Gasteiger partial charge in [-0.05, 0) is 42.8 Å². The molecule has 0 aliphatic heterocycles. The van der Waals surface area contributed by atoms with Crippen LogP contribution in [0.25, 0.3) is 0 Å². The Morgan fingerprint density at radius 2 is 1.88 bits per heavy atom. The molecule has 0 bridgehead atoms. The van der Waals surface area contributed by atoms with Gasteiger partial charge in [0.2, 0.25) is 0 Å². The number of nitrogens with zero attached hydrogens (tertiary/aromatic N) is 1. The number of ether oxygens (including phenoxy) is 1. The van der Waals surface area contributed by atoms with E-state index in [1.54, 1.807) is 35.6 Å². The first-order valence-electron chi connectivity index (χ1n) is 7.20. The summed E-state index contributed by atoms with van der Waals surface area (Å²) in [5.41, 5.74) is 4.68. The number of carbonyl (C=O) groups excluding carboxylic acids is 2. The molecule has 2 rings (SSSR count). The van der Waals surface area contributed by atoms with Crippen LogP contribution in [0.2, 0.25) is 5.02 Å². The van der Waals surface area contributed by atoms with Crippen LogP contribution in [0, 0.1) is 0 Å². The number of thiophene rings is 1. The van der Waals surface area contributed by atoms with E-state index in [9.17, 15) is 9.59 Å². The first kappa shape index (κ1) is 18.3. The molecular weight excluding hydrogens is 350 g/mol. The number of halogens is 1. The van der Waals surface area contributed by atoms with Crippen LogP contribution in [0.3, 0.4) is 0 Å². The van der Waals surface area contributed by atoms with Gasteiger partial charge < -0.3 is 4.74 Å². The molecule has 0 fully saturated rings. The van der Waals surface area contributed by atoms with Crippen LogP contribution >= 0.6 is 22.9 Å². The van der Waals surface area contributed by atoms with E-state index >= 15 is 0 Å². The van der Waals surface area contributed by atoms with Crippen LogP contribution < -0.4 is 15.6 Å². The number of hydrogen-bond donors (Lipinski definition) is 2. The van der Waals surface area contributed by atoms with Gasteiger partial charge >= 0.3 is 0 Å². The summed E-state index contributed by atoms with van der Waals surface area (Å²) >= 11 is 7.39. The van der Waals surface area contributed by atoms with Crippen molar-refractivity contribution in [3.63, 3.8) is 0 Å². The summed E-state index contributed by atoms with van der Waals surface area (Å²) in [6.07, 6.45) is 0. The molecule has 24 heavy (non-hydrogen) atoms. The van der Waals surface area contributed by atoms with Gasteiger partial charge in [0.15, 0.2) is 6.61 Å². The van der Waals surface area contributed by atoms with Gasteiger partial charge in [-0.15, -0.1) is 11.3 Å². The highest BCUT2D eigenvalue weighted by molar-refractivity contribution is 7.09. The molecule has 2 amide bonds. The van der Waals surface area contributed by atoms with Gasteiger partial charge in [0.1, 0.15) is 5.75 Å². The van der Waals surface area contributed by atoms with Crippen molar-refractivity contribution >= 4 is 34.8 Å². The monoisotopic (exact) mass is 367 g/mol. The second-order valence-corrected chi connectivity index (χ2v) is 6.56. The van der Waals surface area contributed by atoms with E-state index in [0.717, 1.165) is 0 Å². The molecule has 0 aliphatic carbocycles. The summed E-state index contributed by atoms with van der Waals surface area (Å²) in [5, 5.41) is 2.58. The Morgan fingerprint density at radius 3 is 2.54 bits per heavy atom. The number of carbonyl (C=O) groups is 2. The Bertz CT molecular complexity index is 662. The summed E-state index contributed by atoms with van der Waals surface area (Å²) in [6.45, 7) is 0.655. The fourth-order valence-electron chi connectivity index (χ4n) is 1.86. The molecule has 0 unspecified atom stereocenters. The van der Waals surface area contributed by atoms with Crippen molar-refractivity contribution in [3.8, 4) is 5.75 Å². The summed E-state index contributed by atoms with van der Waals surface area (Å²) in [4.78, 5) is 26.5. The molecular formula is C16H18ClN3O3S. The van der Waals surface area contributed by atoms with E-state index in [1.165, 1.54) is 4.88 Å². The molecule has 6 nitrogen and oxygen atoms in total. The minimum atomic E-state index is -0.445. The van der Waals surface area contributed by atoms with E-state index in [4.69, 9.17) is 16.3 Å². The predicted octanol–water partition coefficient (Wildman–Crippen LogP) is 2.06. The summed E-state index contributed by atoms with van der Waals surface area (Å²) in [6, 6.07) is 10.6. The standard InChI is InChI=1S/C16H18ClN3O3S/c1-20(9-14-3-2-8-24-14)10-15(21)18-19-16(22)11-23-13-6-4-12(17)5-7-13/h2-8H,9-11H2,1H3,(H,18,21)(H,19,22). The van der Waals surface area contributed by atoms with Gasteiger partial charge in [0.05, 0.1) is 6.54 Å². The summed E-state index contributed by atoms with van der Waals surface area (Å²) < 4.78 is 5.28. The first-order valence-corrected chi connectivity index (χ1v) is 8.45. The van der Waals surface area contributed by atoms with Crippen molar-refractivity contribution in [1.29, 1.82) is 0 Å². The predicted molar refractivity (Wildman–Crippen MR) is 93.9 cm³/mol. The van der Waals surface area contributed by atoms with Crippen molar-refractivity contribution in [2.75, 3.05) is 20.2 Å². The molecule has 2 aromatic rings. The Hall–Kier alpha value is -2.09. The molecule has 0 spiro atoms. The number of rotatable bonds is 7. The lowest BCUT2D eigenvalue weighted by Gasteiger charge is -2.15. The molecule has 0 radical (unpaired) electrons. The Labute approximate surface area is 149 Å². The third-order valence-electron chi connectivity index (χ3n) is 2.94. The maximum atomic E-state index is 11.8. The average Bonchev–Trinajstić information content (AvgIpc) is 3.05. The van der Waals surface area contributed by atoms with Crippen molar-refractivity contribution in [2.24, 2.45) is 0 Å². The quantitative estimate of drug-likeness (QED) is 0.735. The van der Waals surface area contributed by atoms with Crippen LogP contribution in [-0.2, 0) is 16.1 Å². The SMILES string of the molecule is CN(CC(=O)NNC(=O)COc1ccc(Cl)cc1)Cc1cccs1. The van der Waals surface area contributed by atoms with Gasteiger partial charge in [-0.1, -0.05) is 17.7 Å². The number of nitrogens with one attached hydrogen (secondary N) is 2. The fourth-order valence-corrected chi connectivity index (χ4v) is 2.77. The van der Waals surface area contributed by atoms with Crippen LogP contribution in [0.1, 0.15) is 4.88 Å². The van der Waals surface area contributed by atoms with Crippen molar-refractivity contribution in [3.05, 3.63) is 51.7 Å². The second kappa shape index (κ2) is 9.27. The van der Waals surface area contributed by atoms with Gasteiger partial charge in [-0.2, -0.15) is 0 Å². The van der Waals surface area contributed by atoms with Crippen molar-refractivity contribution in [2.45, 2.75) is 6.54 Å². The fraction of sp³-hybridized carbons (Fsp3) is 0.250. The molecule has 8 heteroatoms. The second-order valence-electron chi connectivity index (χ2n) is 5.09. The number of hydrogen-bond acceptors (Lipinski definition) is 5. The highest BCUT2D eigenvalue weighted by atomic mass is 35.5. The van der Waals surface area contributed by atoms with Crippen LogP contribution in [0.15, 0.2) is 41.8 Å². The number of likely N-dealkylation sites (N-methyl/N-ethyl adjacent to an activating group) is 1. The lowest BCUT2D eigenvalue weighted by atomic mass is 10.3. The number of benzene rings is 1. The summed E-state index contributed by atoms with van der Waals surface area (Å²) in [7, 11) is 1.84. The minimum absolute atomic E-state index is 0.177. The van der Waals surface area contributed by atoms with E-state index in [1.807, 2.05) is 29.5 Å². The third kappa shape index (κ3) is 6.57. The van der Waals surface area contributed by atoms with Crippen molar-refractivity contribution < 1.29 is 14.3 Å².